The first kappa shape index (κ1) is 21.5. The van der Waals surface area contributed by atoms with Crippen LogP contribution in [0.4, 0.5) is 11.4 Å². The van der Waals surface area contributed by atoms with Gasteiger partial charge in [-0.3, -0.25) is 25.1 Å². The molecular weight excluding hydrogens is 418 g/mol. The van der Waals surface area contributed by atoms with Gasteiger partial charge in [0.25, 0.3) is 11.4 Å². The molecule has 1 saturated heterocycles. The summed E-state index contributed by atoms with van der Waals surface area (Å²) in [6.07, 6.45) is 6.64. The number of nitrogens with zero attached hydrogens (tertiary/aromatic N) is 3. The average molecular weight is 446 g/mol. The van der Waals surface area contributed by atoms with Crippen LogP contribution < -0.4 is 0 Å². The predicted octanol–water partition coefficient (Wildman–Crippen LogP) is 6.42. The Kier molecular flexibility index (Phi) is 4.46. The summed E-state index contributed by atoms with van der Waals surface area (Å²) >= 11 is 0. The van der Waals surface area contributed by atoms with Crippen LogP contribution in [0.25, 0.3) is 11.1 Å². The van der Waals surface area contributed by atoms with E-state index in [0.29, 0.717) is 11.1 Å². The van der Waals surface area contributed by atoms with Gasteiger partial charge in [0.05, 0.1) is 21.9 Å². The molecule has 0 amide bonds. The summed E-state index contributed by atoms with van der Waals surface area (Å²) in [4.78, 5) is 25.3. The highest BCUT2D eigenvalue weighted by Crippen LogP contribution is 2.67. The first-order valence-electron chi connectivity index (χ1n) is 11.2. The van der Waals surface area contributed by atoms with Crippen LogP contribution in [0.1, 0.15) is 60.7 Å². The third kappa shape index (κ3) is 2.92. The van der Waals surface area contributed by atoms with Gasteiger partial charge in [-0.2, -0.15) is 0 Å². The van der Waals surface area contributed by atoms with Gasteiger partial charge in [-0.15, -0.1) is 0 Å². The molecule has 1 heterocycles. The Morgan fingerprint density at radius 2 is 1.58 bits per heavy atom. The zero-order valence-electron chi connectivity index (χ0n) is 19.7. The van der Waals surface area contributed by atoms with Crippen LogP contribution in [0.5, 0.6) is 0 Å². The lowest BCUT2D eigenvalue weighted by Gasteiger charge is -2.34. The number of fused-ring (bicyclic) bond motifs is 6. The largest absolute Gasteiger partial charge is 0.278 e. The Balaban J connectivity index is 1.81. The van der Waals surface area contributed by atoms with Gasteiger partial charge < -0.3 is 0 Å². The highest BCUT2D eigenvalue weighted by Gasteiger charge is 2.60. The highest BCUT2D eigenvalue weighted by molar-refractivity contribution is 5.86. The normalized spacial score (nSPS) is 26.1. The number of hydrogen-bond acceptors (Lipinski definition) is 5. The number of nitro benzene ring substituents is 2. The minimum atomic E-state index is -0.346. The van der Waals surface area contributed by atoms with E-state index in [2.05, 4.69) is 43.9 Å². The minimum Gasteiger partial charge on any atom is -0.278 e. The molecule has 1 fully saturated rings. The van der Waals surface area contributed by atoms with Crippen LogP contribution in [0.15, 0.2) is 42.0 Å². The molecule has 0 saturated carbocycles. The molecule has 0 radical (unpaired) electrons. The Morgan fingerprint density at radius 1 is 0.909 bits per heavy atom. The maximum absolute atomic E-state index is 11.8. The third-order valence-electron chi connectivity index (χ3n) is 7.66. The van der Waals surface area contributed by atoms with Crippen LogP contribution in [0, 0.1) is 46.4 Å². The molecule has 0 N–H and O–H groups in total. The molecule has 3 aliphatic rings. The molecule has 0 aromatic heterocycles. The molecule has 5 rings (SSSR count). The first-order chi connectivity index (χ1) is 15.5. The first-order valence-corrected chi connectivity index (χ1v) is 11.2. The van der Waals surface area contributed by atoms with Crippen molar-refractivity contribution >= 4 is 11.4 Å². The lowest BCUT2D eigenvalue weighted by Crippen LogP contribution is -2.35. The van der Waals surface area contributed by atoms with Gasteiger partial charge >= 0.3 is 0 Å². The summed E-state index contributed by atoms with van der Waals surface area (Å²) in [5, 5.41) is 23.6. The Labute approximate surface area is 192 Å². The SMILES string of the molecule is CC1=CC(N2C3c4ccc([N+](=O)[O-])c(C)c4-c4c(C)cc([N+](=O)[O-])c(C)c4C32)C(C)(C)C=C1. The van der Waals surface area contributed by atoms with Gasteiger partial charge in [-0.25, -0.2) is 0 Å². The van der Waals surface area contributed by atoms with Crippen LogP contribution in [-0.4, -0.2) is 20.8 Å². The smallest absolute Gasteiger partial charge is 0.272 e. The molecule has 33 heavy (non-hydrogen) atoms. The van der Waals surface area contributed by atoms with Gasteiger partial charge in [0.2, 0.25) is 0 Å². The predicted molar refractivity (Wildman–Crippen MR) is 127 cm³/mol. The fraction of sp³-hybridized carbons (Fsp3) is 0.385. The summed E-state index contributed by atoms with van der Waals surface area (Å²) in [6, 6.07) is 5.26. The van der Waals surface area contributed by atoms with E-state index in [0.717, 1.165) is 27.8 Å². The van der Waals surface area contributed by atoms with Gasteiger partial charge in [0, 0.05) is 34.7 Å². The number of nitro groups is 2. The molecule has 4 unspecified atom stereocenters. The van der Waals surface area contributed by atoms with Crippen molar-refractivity contribution in [3.8, 4) is 11.1 Å². The monoisotopic (exact) mass is 445 g/mol. The molecule has 4 atom stereocenters. The summed E-state index contributed by atoms with van der Waals surface area (Å²) in [7, 11) is 0. The van der Waals surface area contributed by atoms with Gasteiger partial charge in [-0.05, 0) is 61.6 Å². The van der Waals surface area contributed by atoms with Crippen molar-refractivity contribution in [1.29, 1.82) is 0 Å². The van der Waals surface area contributed by atoms with Crippen molar-refractivity contribution in [1.82, 2.24) is 4.90 Å². The molecule has 0 spiro atoms. The third-order valence-corrected chi connectivity index (χ3v) is 7.66. The lowest BCUT2D eigenvalue weighted by molar-refractivity contribution is -0.385. The van der Waals surface area contributed by atoms with Crippen LogP contribution in [0.3, 0.4) is 0 Å². The van der Waals surface area contributed by atoms with Gasteiger partial charge in [0.15, 0.2) is 0 Å². The van der Waals surface area contributed by atoms with Crippen LogP contribution in [-0.2, 0) is 0 Å². The van der Waals surface area contributed by atoms with Gasteiger partial charge in [0.1, 0.15) is 0 Å². The second kappa shape index (κ2) is 6.84. The van der Waals surface area contributed by atoms with E-state index in [-0.39, 0.29) is 44.8 Å². The number of allylic oxidation sites excluding steroid dienone is 2. The molecule has 2 aromatic rings. The van der Waals surface area contributed by atoms with Gasteiger partial charge in [-0.1, -0.05) is 37.6 Å². The van der Waals surface area contributed by atoms with Crippen molar-refractivity contribution in [3.05, 3.63) is 90.0 Å². The van der Waals surface area contributed by atoms with Crippen molar-refractivity contribution < 1.29 is 9.85 Å². The van der Waals surface area contributed by atoms with E-state index in [9.17, 15) is 20.2 Å². The molecule has 7 nitrogen and oxygen atoms in total. The van der Waals surface area contributed by atoms with Crippen molar-refractivity contribution in [2.24, 2.45) is 5.41 Å². The second-order valence-corrected chi connectivity index (χ2v) is 10.2. The molecule has 2 aliphatic carbocycles. The number of rotatable bonds is 3. The molecule has 2 aromatic carbocycles. The Hall–Kier alpha value is -3.32. The second-order valence-electron chi connectivity index (χ2n) is 10.2. The lowest BCUT2D eigenvalue weighted by atomic mass is 9.78. The summed E-state index contributed by atoms with van der Waals surface area (Å²) < 4.78 is 0. The Morgan fingerprint density at radius 3 is 2.21 bits per heavy atom. The molecule has 0 bridgehead atoms. The van der Waals surface area contributed by atoms with Crippen LogP contribution in [0.2, 0.25) is 0 Å². The van der Waals surface area contributed by atoms with E-state index < -0.39 is 0 Å². The highest BCUT2D eigenvalue weighted by atomic mass is 16.6. The fourth-order valence-electron chi connectivity index (χ4n) is 5.98. The zero-order valence-corrected chi connectivity index (χ0v) is 19.7. The molecule has 7 heteroatoms. The number of benzene rings is 2. The summed E-state index contributed by atoms with van der Waals surface area (Å²) in [6.45, 7) is 12.0. The molecule has 1 aliphatic heterocycles. The molecular formula is C26H27N3O4. The quantitative estimate of drug-likeness (QED) is 0.309. The topological polar surface area (TPSA) is 89.3 Å². The van der Waals surface area contributed by atoms with E-state index >= 15 is 0 Å². The number of aryl methyl sites for hydroxylation is 1. The van der Waals surface area contributed by atoms with E-state index in [1.807, 2.05) is 19.9 Å². The fourth-order valence-corrected chi connectivity index (χ4v) is 5.98. The standard InChI is InChI=1S/C26H27N3O4/c1-13-9-10-26(5,6)20(11-13)27-24-17-7-8-18(28(30)31)15(3)22(17)21-14(2)12-19(29(32)33)16(4)23(21)25(24)27/h7-12,20,24-25H,1-6H3. The van der Waals surface area contributed by atoms with E-state index in [4.69, 9.17) is 0 Å². The number of hydrogen-bond donors (Lipinski definition) is 0. The van der Waals surface area contributed by atoms with E-state index in [1.54, 1.807) is 19.1 Å². The molecule has 170 valence electrons. The summed E-state index contributed by atoms with van der Waals surface area (Å²) in [5.74, 6) is 0. The van der Waals surface area contributed by atoms with Crippen molar-refractivity contribution in [2.45, 2.75) is 59.7 Å². The maximum atomic E-state index is 11.8. The minimum absolute atomic E-state index is 0.00628. The maximum Gasteiger partial charge on any atom is 0.272 e. The Bertz CT molecular complexity index is 1320. The average Bonchev–Trinajstić information content (AvgIpc) is 3.46. The van der Waals surface area contributed by atoms with E-state index in [1.165, 1.54) is 5.57 Å². The van der Waals surface area contributed by atoms with Crippen molar-refractivity contribution in [2.75, 3.05) is 0 Å². The van der Waals surface area contributed by atoms with Crippen molar-refractivity contribution in [3.63, 3.8) is 0 Å². The van der Waals surface area contributed by atoms with Crippen LogP contribution >= 0.6 is 0 Å². The summed E-state index contributed by atoms with van der Waals surface area (Å²) in [5.41, 5.74) is 7.12. The zero-order chi connectivity index (χ0) is 24.0.